The maximum atomic E-state index is 9.47. The molecule has 0 amide bonds. The van der Waals surface area contributed by atoms with Gasteiger partial charge in [-0.25, -0.2) is 0 Å². The topological polar surface area (TPSA) is 50.1 Å². The zero-order valence-corrected chi connectivity index (χ0v) is 11.6. The lowest BCUT2D eigenvalue weighted by atomic mass is 10.2. The normalized spacial score (nSPS) is 10.8. The molecular formula is C15H21N3O. The molecule has 1 aromatic heterocycles. The Bertz CT molecular complexity index is 534. The Morgan fingerprint density at radius 1 is 1.37 bits per heavy atom. The Labute approximate surface area is 114 Å². The fraction of sp³-hybridized carbons (Fsp3) is 0.400. The van der Waals surface area contributed by atoms with Crippen LogP contribution in [0.4, 0.5) is 0 Å². The van der Waals surface area contributed by atoms with Crippen molar-refractivity contribution in [2.75, 3.05) is 6.54 Å². The lowest BCUT2D eigenvalue weighted by molar-refractivity contribution is 0.474. The van der Waals surface area contributed by atoms with Gasteiger partial charge in [-0.05, 0) is 37.6 Å². The first-order valence-corrected chi connectivity index (χ1v) is 6.70. The SMILES string of the molecule is CCCNCc1cnn(Cc2cccc(O)c2)c1C. The number of benzene rings is 1. The van der Waals surface area contributed by atoms with Gasteiger partial charge in [-0.2, -0.15) is 5.10 Å². The van der Waals surface area contributed by atoms with Crippen LogP contribution in [0.5, 0.6) is 5.75 Å². The molecule has 0 unspecified atom stereocenters. The molecule has 0 spiro atoms. The second kappa shape index (κ2) is 6.38. The number of phenols is 1. The van der Waals surface area contributed by atoms with Crippen molar-refractivity contribution in [3.63, 3.8) is 0 Å². The van der Waals surface area contributed by atoms with Crippen molar-refractivity contribution in [3.8, 4) is 5.75 Å². The third kappa shape index (κ3) is 3.58. The summed E-state index contributed by atoms with van der Waals surface area (Å²) in [6.07, 6.45) is 3.05. The highest BCUT2D eigenvalue weighted by Gasteiger charge is 2.06. The molecule has 0 aliphatic heterocycles. The third-order valence-electron chi connectivity index (χ3n) is 3.19. The summed E-state index contributed by atoms with van der Waals surface area (Å²) in [6, 6.07) is 7.30. The molecule has 0 aliphatic carbocycles. The monoisotopic (exact) mass is 259 g/mol. The van der Waals surface area contributed by atoms with E-state index in [1.165, 1.54) is 11.3 Å². The zero-order chi connectivity index (χ0) is 13.7. The largest absolute Gasteiger partial charge is 0.508 e. The molecule has 2 aromatic rings. The minimum atomic E-state index is 0.298. The maximum Gasteiger partial charge on any atom is 0.115 e. The molecule has 1 aromatic carbocycles. The van der Waals surface area contributed by atoms with Crippen LogP contribution in [-0.2, 0) is 13.1 Å². The first kappa shape index (κ1) is 13.6. The molecule has 4 nitrogen and oxygen atoms in total. The first-order valence-electron chi connectivity index (χ1n) is 6.70. The average molecular weight is 259 g/mol. The van der Waals surface area contributed by atoms with Crippen molar-refractivity contribution in [2.45, 2.75) is 33.4 Å². The predicted molar refractivity (Wildman–Crippen MR) is 76.2 cm³/mol. The highest BCUT2D eigenvalue weighted by atomic mass is 16.3. The van der Waals surface area contributed by atoms with E-state index in [4.69, 9.17) is 0 Å². The maximum absolute atomic E-state index is 9.47. The Morgan fingerprint density at radius 2 is 2.21 bits per heavy atom. The summed E-state index contributed by atoms with van der Waals surface area (Å²) in [7, 11) is 0. The summed E-state index contributed by atoms with van der Waals surface area (Å²) in [5.74, 6) is 0.298. The van der Waals surface area contributed by atoms with E-state index in [0.717, 1.165) is 25.1 Å². The van der Waals surface area contributed by atoms with E-state index in [2.05, 4.69) is 24.3 Å². The van der Waals surface area contributed by atoms with Gasteiger partial charge in [-0.15, -0.1) is 0 Å². The lowest BCUT2D eigenvalue weighted by Gasteiger charge is -2.07. The molecule has 4 heteroatoms. The second-order valence-corrected chi connectivity index (χ2v) is 4.76. The summed E-state index contributed by atoms with van der Waals surface area (Å²) < 4.78 is 1.97. The van der Waals surface area contributed by atoms with Gasteiger partial charge in [0.25, 0.3) is 0 Å². The van der Waals surface area contributed by atoms with Crippen LogP contribution >= 0.6 is 0 Å². The molecule has 0 saturated carbocycles. The van der Waals surface area contributed by atoms with E-state index < -0.39 is 0 Å². The van der Waals surface area contributed by atoms with Gasteiger partial charge in [0.2, 0.25) is 0 Å². The van der Waals surface area contributed by atoms with E-state index in [1.54, 1.807) is 12.1 Å². The van der Waals surface area contributed by atoms with Crippen molar-refractivity contribution < 1.29 is 5.11 Å². The molecule has 2 N–H and O–H groups in total. The van der Waals surface area contributed by atoms with Crippen molar-refractivity contribution >= 4 is 0 Å². The number of phenolic OH excluding ortho intramolecular Hbond substituents is 1. The molecule has 0 saturated heterocycles. The van der Waals surface area contributed by atoms with Gasteiger partial charge in [0, 0.05) is 17.8 Å². The molecule has 0 atom stereocenters. The number of hydrogen-bond donors (Lipinski definition) is 2. The Hall–Kier alpha value is -1.81. The van der Waals surface area contributed by atoms with E-state index in [9.17, 15) is 5.11 Å². The summed E-state index contributed by atoms with van der Waals surface area (Å²) in [5.41, 5.74) is 3.46. The molecule has 0 aliphatic rings. The van der Waals surface area contributed by atoms with Crippen molar-refractivity contribution in [1.82, 2.24) is 15.1 Å². The Morgan fingerprint density at radius 3 is 2.95 bits per heavy atom. The van der Waals surface area contributed by atoms with E-state index in [-0.39, 0.29) is 0 Å². The molecule has 2 rings (SSSR count). The molecule has 0 fully saturated rings. The molecular weight excluding hydrogens is 238 g/mol. The van der Waals surface area contributed by atoms with Gasteiger partial charge in [-0.1, -0.05) is 19.1 Å². The summed E-state index contributed by atoms with van der Waals surface area (Å²) in [6.45, 7) is 6.81. The van der Waals surface area contributed by atoms with Crippen LogP contribution in [0.2, 0.25) is 0 Å². The zero-order valence-electron chi connectivity index (χ0n) is 11.6. The van der Waals surface area contributed by atoms with Crippen LogP contribution in [0.1, 0.15) is 30.2 Å². The van der Waals surface area contributed by atoms with Crippen LogP contribution in [0.25, 0.3) is 0 Å². The van der Waals surface area contributed by atoms with Gasteiger partial charge in [0.05, 0.1) is 12.7 Å². The number of nitrogens with zero attached hydrogens (tertiary/aromatic N) is 2. The molecule has 19 heavy (non-hydrogen) atoms. The molecule has 102 valence electrons. The van der Waals surface area contributed by atoms with Crippen molar-refractivity contribution in [3.05, 3.63) is 47.3 Å². The van der Waals surface area contributed by atoms with Gasteiger partial charge in [-0.3, -0.25) is 4.68 Å². The summed E-state index contributed by atoms with van der Waals surface area (Å²) in [5, 5.41) is 17.3. The van der Waals surface area contributed by atoms with Crippen molar-refractivity contribution in [2.24, 2.45) is 0 Å². The first-order chi connectivity index (χ1) is 9.20. The van der Waals surface area contributed by atoms with Gasteiger partial charge in [0.15, 0.2) is 0 Å². The number of aromatic nitrogens is 2. The van der Waals surface area contributed by atoms with Crippen LogP contribution in [0, 0.1) is 6.92 Å². The van der Waals surface area contributed by atoms with E-state index in [0.29, 0.717) is 12.3 Å². The van der Waals surface area contributed by atoms with Gasteiger partial charge in [0.1, 0.15) is 5.75 Å². The highest BCUT2D eigenvalue weighted by Crippen LogP contribution is 2.14. The quantitative estimate of drug-likeness (QED) is 0.783. The van der Waals surface area contributed by atoms with E-state index in [1.807, 2.05) is 23.0 Å². The van der Waals surface area contributed by atoms with Gasteiger partial charge >= 0.3 is 0 Å². The fourth-order valence-corrected chi connectivity index (χ4v) is 2.05. The summed E-state index contributed by atoms with van der Waals surface area (Å²) >= 11 is 0. The van der Waals surface area contributed by atoms with Crippen LogP contribution in [-0.4, -0.2) is 21.4 Å². The predicted octanol–water partition coefficient (Wildman–Crippen LogP) is 2.45. The smallest absolute Gasteiger partial charge is 0.115 e. The number of hydrogen-bond acceptors (Lipinski definition) is 3. The Balaban J connectivity index is 2.05. The molecule has 0 bridgehead atoms. The molecule has 0 radical (unpaired) electrons. The van der Waals surface area contributed by atoms with E-state index >= 15 is 0 Å². The lowest BCUT2D eigenvalue weighted by Crippen LogP contribution is -2.14. The molecule has 1 heterocycles. The number of nitrogens with one attached hydrogen (secondary N) is 1. The van der Waals surface area contributed by atoms with Crippen LogP contribution in [0.15, 0.2) is 30.5 Å². The van der Waals surface area contributed by atoms with Gasteiger partial charge < -0.3 is 10.4 Å². The second-order valence-electron chi connectivity index (χ2n) is 4.76. The number of rotatable bonds is 6. The van der Waals surface area contributed by atoms with Crippen molar-refractivity contribution in [1.29, 1.82) is 0 Å². The number of aromatic hydroxyl groups is 1. The standard InChI is InChI=1S/C15H21N3O/c1-3-7-16-9-14-10-17-18(12(14)2)11-13-5-4-6-15(19)8-13/h4-6,8,10,16,19H,3,7,9,11H2,1-2H3. The fourth-order valence-electron chi connectivity index (χ4n) is 2.05. The minimum Gasteiger partial charge on any atom is -0.508 e. The van der Waals surface area contributed by atoms with Crippen LogP contribution in [0.3, 0.4) is 0 Å². The highest BCUT2D eigenvalue weighted by molar-refractivity contribution is 5.28. The van der Waals surface area contributed by atoms with Crippen LogP contribution < -0.4 is 5.32 Å². The summed E-state index contributed by atoms with van der Waals surface area (Å²) in [4.78, 5) is 0. The minimum absolute atomic E-state index is 0.298. The Kier molecular flexibility index (Phi) is 4.58. The third-order valence-corrected chi connectivity index (χ3v) is 3.19. The average Bonchev–Trinajstić information content (AvgIpc) is 2.72.